The Morgan fingerprint density at radius 1 is 1.30 bits per heavy atom. The minimum absolute atomic E-state index is 0.0341. The summed E-state index contributed by atoms with van der Waals surface area (Å²) in [6.07, 6.45) is 1.56. The highest BCUT2D eigenvalue weighted by Crippen LogP contribution is 1.76. The Balaban J connectivity index is 3.77. The maximum absolute atomic E-state index is 10.2. The second kappa shape index (κ2) is 4.25. The molecule has 0 unspecified atom stereocenters. The summed E-state index contributed by atoms with van der Waals surface area (Å²) in [5, 5.41) is 0. The Hall–Kier alpha value is -1.65. The Morgan fingerprint density at radius 2 is 1.90 bits per heavy atom. The molecule has 5 heteroatoms. The lowest BCUT2D eigenvalue weighted by Crippen LogP contribution is -2.07. The van der Waals surface area contributed by atoms with Gasteiger partial charge in [0.05, 0.1) is 0 Å². The number of esters is 1. The molecule has 5 nitrogen and oxygen atoms in total. The third kappa shape index (κ3) is 4.51. The van der Waals surface area contributed by atoms with Gasteiger partial charge in [-0.3, -0.25) is 9.59 Å². The van der Waals surface area contributed by atoms with Crippen molar-refractivity contribution in [3.05, 3.63) is 12.2 Å². The SMILES string of the molecule is NC(=O)/C=C\C(=O)OC=O. The van der Waals surface area contributed by atoms with Gasteiger partial charge in [0.1, 0.15) is 0 Å². The van der Waals surface area contributed by atoms with Crippen molar-refractivity contribution in [2.75, 3.05) is 0 Å². The highest BCUT2D eigenvalue weighted by Gasteiger charge is 1.93. The van der Waals surface area contributed by atoms with Gasteiger partial charge in [-0.2, -0.15) is 0 Å². The van der Waals surface area contributed by atoms with Gasteiger partial charge < -0.3 is 10.5 Å². The van der Waals surface area contributed by atoms with Crippen molar-refractivity contribution in [3.8, 4) is 0 Å². The molecule has 1 amide bonds. The van der Waals surface area contributed by atoms with Crippen molar-refractivity contribution in [3.63, 3.8) is 0 Å². The fourth-order valence-electron chi connectivity index (χ4n) is 0.237. The average molecular weight is 143 g/mol. The molecule has 0 aliphatic heterocycles. The predicted octanol–water partition coefficient (Wildman–Crippen LogP) is -1.27. The Bertz CT molecular complexity index is 184. The highest BCUT2D eigenvalue weighted by atomic mass is 16.6. The van der Waals surface area contributed by atoms with Crippen molar-refractivity contribution in [1.29, 1.82) is 0 Å². The summed E-state index contributed by atoms with van der Waals surface area (Å²) in [6, 6.07) is 0. The van der Waals surface area contributed by atoms with Gasteiger partial charge in [-0.15, -0.1) is 0 Å². The topological polar surface area (TPSA) is 86.5 Å². The van der Waals surface area contributed by atoms with Gasteiger partial charge in [0.25, 0.3) is 0 Å². The molecular formula is C5H5NO4. The van der Waals surface area contributed by atoms with Crippen LogP contribution in [0.25, 0.3) is 0 Å². The van der Waals surface area contributed by atoms with E-state index in [1.807, 2.05) is 0 Å². The molecule has 0 rings (SSSR count). The zero-order valence-electron chi connectivity index (χ0n) is 4.94. The maximum Gasteiger partial charge on any atom is 0.338 e. The van der Waals surface area contributed by atoms with Crippen molar-refractivity contribution in [2.45, 2.75) is 0 Å². The van der Waals surface area contributed by atoms with Crippen molar-refractivity contribution in [2.24, 2.45) is 5.73 Å². The van der Waals surface area contributed by atoms with E-state index in [1.165, 1.54) is 0 Å². The molecule has 54 valence electrons. The molecule has 0 bridgehead atoms. The number of ether oxygens (including phenoxy) is 1. The minimum atomic E-state index is -0.922. The molecule has 0 fully saturated rings. The van der Waals surface area contributed by atoms with E-state index in [2.05, 4.69) is 10.5 Å². The summed E-state index contributed by atoms with van der Waals surface area (Å²) in [5.41, 5.74) is 4.62. The van der Waals surface area contributed by atoms with Gasteiger partial charge in [0.15, 0.2) is 0 Å². The van der Waals surface area contributed by atoms with E-state index < -0.39 is 11.9 Å². The van der Waals surface area contributed by atoms with Crippen LogP contribution in [-0.4, -0.2) is 18.3 Å². The molecule has 0 atom stereocenters. The van der Waals surface area contributed by atoms with Crippen LogP contribution >= 0.6 is 0 Å². The number of nitrogens with two attached hydrogens (primary N) is 1. The zero-order valence-corrected chi connectivity index (χ0v) is 4.94. The van der Waals surface area contributed by atoms with Crippen LogP contribution in [0.1, 0.15) is 0 Å². The number of primary amides is 1. The molecule has 0 aromatic heterocycles. The second-order valence-electron chi connectivity index (χ2n) is 1.27. The second-order valence-corrected chi connectivity index (χ2v) is 1.27. The van der Waals surface area contributed by atoms with E-state index in [-0.39, 0.29) is 6.47 Å². The third-order valence-corrected chi connectivity index (χ3v) is 0.548. The summed E-state index contributed by atoms with van der Waals surface area (Å²) < 4.78 is 3.78. The van der Waals surface area contributed by atoms with Gasteiger partial charge in [-0.05, 0) is 0 Å². The fraction of sp³-hybridized carbons (Fsp3) is 0. The lowest BCUT2D eigenvalue weighted by atomic mass is 10.5. The summed E-state index contributed by atoms with van der Waals surface area (Å²) in [7, 11) is 0. The van der Waals surface area contributed by atoms with Crippen LogP contribution in [-0.2, 0) is 19.1 Å². The lowest BCUT2D eigenvalue weighted by Gasteiger charge is -1.84. The number of hydrogen-bond donors (Lipinski definition) is 1. The Morgan fingerprint density at radius 3 is 2.30 bits per heavy atom. The molecule has 0 heterocycles. The first-order valence-electron chi connectivity index (χ1n) is 2.28. The van der Waals surface area contributed by atoms with E-state index in [1.54, 1.807) is 0 Å². The first-order valence-corrected chi connectivity index (χ1v) is 2.28. The summed E-state index contributed by atoms with van der Waals surface area (Å²) >= 11 is 0. The Kier molecular flexibility index (Phi) is 3.55. The Labute approximate surface area is 56.4 Å². The summed E-state index contributed by atoms with van der Waals surface area (Å²) in [6.45, 7) is -0.0341. The minimum Gasteiger partial charge on any atom is -0.392 e. The van der Waals surface area contributed by atoms with E-state index in [9.17, 15) is 14.4 Å². The van der Waals surface area contributed by atoms with Crippen LogP contribution in [0.4, 0.5) is 0 Å². The molecule has 0 aliphatic carbocycles. The van der Waals surface area contributed by atoms with E-state index in [0.29, 0.717) is 0 Å². The number of rotatable bonds is 3. The average Bonchev–Trinajstić information content (AvgIpc) is 1.85. The third-order valence-electron chi connectivity index (χ3n) is 0.548. The molecule has 2 N–H and O–H groups in total. The quantitative estimate of drug-likeness (QED) is 0.231. The summed E-state index contributed by atoms with van der Waals surface area (Å²) in [4.78, 5) is 29.6. The molecule has 0 saturated heterocycles. The number of hydrogen-bond acceptors (Lipinski definition) is 4. The number of carbonyl (C=O) groups is 3. The molecule has 0 aromatic carbocycles. The largest absolute Gasteiger partial charge is 0.392 e. The molecule has 0 aliphatic rings. The smallest absolute Gasteiger partial charge is 0.338 e. The summed E-state index contributed by atoms with van der Waals surface area (Å²) in [5.74, 6) is -1.70. The maximum atomic E-state index is 10.2. The lowest BCUT2D eigenvalue weighted by molar-refractivity contribution is -0.147. The van der Waals surface area contributed by atoms with E-state index in [0.717, 1.165) is 12.2 Å². The fourth-order valence-corrected chi connectivity index (χ4v) is 0.237. The predicted molar refractivity (Wildman–Crippen MR) is 30.5 cm³/mol. The van der Waals surface area contributed by atoms with Crippen LogP contribution in [0.15, 0.2) is 12.2 Å². The molecule has 0 spiro atoms. The van der Waals surface area contributed by atoms with Crippen LogP contribution < -0.4 is 5.73 Å². The highest BCUT2D eigenvalue weighted by molar-refractivity contribution is 5.95. The zero-order chi connectivity index (χ0) is 7.98. The van der Waals surface area contributed by atoms with Crippen molar-refractivity contribution in [1.82, 2.24) is 0 Å². The van der Waals surface area contributed by atoms with Crippen molar-refractivity contribution < 1.29 is 19.1 Å². The molecule has 10 heavy (non-hydrogen) atoms. The number of carbonyl (C=O) groups excluding carboxylic acids is 3. The van der Waals surface area contributed by atoms with Crippen LogP contribution in [0.3, 0.4) is 0 Å². The van der Waals surface area contributed by atoms with Gasteiger partial charge in [-0.25, -0.2) is 4.79 Å². The van der Waals surface area contributed by atoms with E-state index in [4.69, 9.17) is 0 Å². The first-order chi connectivity index (χ1) is 4.66. The molecule has 0 aromatic rings. The standard InChI is InChI=1S/C5H5NO4/c6-4(8)1-2-5(9)10-3-7/h1-3H,(H2,6,8)/b2-1-. The van der Waals surface area contributed by atoms with Gasteiger partial charge in [0, 0.05) is 12.2 Å². The molecule has 0 saturated carbocycles. The van der Waals surface area contributed by atoms with Crippen LogP contribution in [0.2, 0.25) is 0 Å². The van der Waals surface area contributed by atoms with Gasteiger partial charge in [0.2, 0.25) is 5.91 Å². The monoisotopic (exact) mass is 143 g/mol. The van der Waals surface area contributed by atoms with Crippen molar-refractivity contribution >= 4 is 18.3 Å². The van der Waals surface area contributed by atoms with Crippen LogP contribution in [0, 0.1) is 0 Å². The molecule has 0 radical (unpaired) electrons. The number of amides is 1. The molecular weight excluding hydrogens is 138 g/mol. The first kappa shape index (κ1) is 8.35. The van der Waals surface area contributed by atoms with Crippen LogP contribution in [0.5, 0.6) is 0 Å². The van der Waals surface area contributed by atoms with Gasteiger partial charge in [-0.1, -0.05) is 0 Å². The van der Waals surface area contributed by atoms with E-state index >= 15 is 0 Å². The van der Waals surface area contributed by atoms with Gasteiger partial charge >= 0.3 is 12.4 Å². The normalized spacial score (nSPS) is 9.20.